The number of Topliss-reactive ketones (excluding diaryl/α,β-unsaturated/α-hetero) is 1. The Labute approximate surface area is 122 Å². The number of carbonyl (C=O) groups is 1. The van der Waals surface area contributed by atoms with E-state index in [4.69, 9.17) is 0 Å². The van der Waals surface area contributed by atoms with Gasteiger partial charge in [0, 0.05) is 12.6 Å². The average Bonchev–Trinajstić information content (AvgIpc) is 2.86. The van der Waals surface area contributed by atoms with Gasteiger partial charge in [0.1, 0.15) is 5.82 Å². The van der Waals surface area contributed by atoms with Gasteiger partial charge in [0.25, 0.3) is 0 Å². The molecule has 0 N–H and O–H groups in total. The fourth-order valence-electron chi connectivity index (χ4n) is 2.43. The van der Waals surface area contributed by atoms with Gasteiger partial charge in [-0.15, -0.1) is 0 Å². The lowest BCUT2D eigenvalue weighted by atomic mass is 9.98. The van der Waals surface area contributed by atoms with E-state index < -0.39 is 5.92 Å². The van der Waals surface area contributed by atoms with Crippen LogP contribution in [0.4, 0.5) is 0 Å². The van der Waals surface area contributed by atoms with E-state index in [-0.39, 0.29) is 5.78 Å². The van der Waals surface area contributed by atoms with Crippen molar-refractivity contribution in [1.29, 1.82) is 5.26 Å². The summed E-state index contributed by atoms with van der Waals surface area (Å²) in [6.45, 7) is 0. The largest absolute Gasteiger partial charge is 0.330 e. The third-order valence-corrected chi connectivity index (χ3v) is 3.53. The molecule has 4 nitrogen and oxygen atoms in total. The zero-order chi connectivity index (χ0) is 14.8. The lowest BCUT2D eigenvalue weighted by Gasteiger charge is -2.08. The van der Waals surface area contributed by atoms with Gasteiger partial charge in [-0.1, -0.05) is 42.5 Å². The second-order valence-corrected chi connectivity index (χ2v) is 4.81. The highest BCUT2D eigenvalue weighted by Crippen LogP contribution is 2.23. The van der Waals surface area contributed by atoms with E-state index in [1.807, 2.05) is 41.9 Å². The molecule has 2 aromatic carbocycles. The van der Waals surface area contributed by atoms with Crippen LogP contribution in [0.15, 0.2) is 54.6 Å². The van der Waals surface area contributed by atoms with Gasteiger partial charge in [-0.05, 0) is 12.1 Å². The first-order valence-corrected chi connectivity index (χ1v) is 6.62. The summed E-state index contributed by atoms with van der Waals surface area (Å²) in [6.07, 6.45) is 0. The van der Waals surface area contributed by atoms with E-state index in [2.05, 4.69) is 11.1 Å². The molecule has 3 aromatic rings. The minimum atomic E-state index is -0.898. The molecule has 4 heteroatoms. The molecule has 0 fully saturated rings. The number of nitriles is 1. The molecule has 3 rings (SSSR count). The molecule has 0 spiro atoms. The molecule has 102 valence electrons. The van der Waals surface area contributed by atoms with Crippen molar-refractivity contribution in [1.82, 2.24) is 9.55 Å². The predicted molar refractivity (Wildman–Crippen MR) is 79.8 cm³/mol. The van der Waals surface area contributed by atoms with Crippen LogP contribution in [0, 0.1) is 11.3 Å². The quantitative estimate of drug-likeness (QED) is 0.690. The predicted octanol–water partition coefficient (Wildman–Crippen LogP) is 3.06. The topological polar surface area (TPSA) is 58.7 Å². The molecule has 0 bridgehead atoms. The molecule has 0 saturated heterocycles. The van der Waals surface area contributed by atoms with Crippen LogP contribution in [0.2, 0.25) is 0 Å². The van der Waals surface area contributed by atoms with E-state index in [0.717, 1.165) is 11.0 Å². The van der Waals surface area contributed by atoms with Gasteiger partial charge < -0.3 is 4.57 Å². The molecular formula is C17H13N3O. The third-order valence-electron chi connectivity index (χ3n) is 3.53. The fraction of sp³-hybridized carbons (Fsp3) is 0.118. The summed E-state index contributed by atoms with van der Waals surface area (Å²) in [5.41, 5.74) is 2.22. The third kappa shape index (κ3) is 2.19. The van der Waals surface area contributed by atoms with Crippen molar-refractivity contribution in [2.75, 3.05) is 0 Å². The van der Waals surface area contributed by atoms with Crippen molar-refractivity contribution in [2.45, 2.75) is 5.92 Å². The van der Waals surface area contributed by atoms with Crippen LogP contribution in [-0.2, 0) is 7.05 Å². The Morgan fingerprint density at radius 1 is 1.14 bits per heavy atom. The van der Waals surface area contributed by atoms with Crippen molar-refractivity contribution >= 4 is 16.8 Å². The first kappa shape index (κ1) is 13.1. The van der Waals surface area contributed by atoms with Crippen LogP contribution >= 0.6 is 0 Å². The number of benzene rings is 2. The number of nitrogens with zero attached hydrogens (tertiary/aromatic N) is 3. The minimum Gasteiger partial charge on any atom is -0.330 e. The minimum absolute atomic E-state index is 0.225. The highest BCUT2D eigenvalue weighted by Gasteiger charge is 2.26. The van der Waals surface area contributed by atoms with E-state index in [1.165, 1.54) is 0 Å². The molecule has 0 aliphatic carbocycles. The standard InChI is InChI=1S/C17H13N3O/c1-20-15-10-6-5-9-14(15)19-17(20)13(11-18)16(21)12-7-3-2-4-8-12/h2-10,13H,1H3/t13-/m0/s1. The molecular weight excluding hydrogens is 262 g/mol. The molecule has 0 amide bonds. The van der Waals surface area contributed by atoms with Crippen molar-refractivity contribution < 1.29 is 4.79 Å². The number of rotatable bonds is 3. The number of carbonyl (C=O) groups excluding carboxylic acids is 1. The SMILES string of the molecule is Cn1c([C@@H](C#N)C(=O)c2ccccc2)nc2ccccc21. The maximum atomic E-state index is 12.5. The summed E-state index contributed by atoms with van der Waals surface area (Å²) in [5, 5.41) is 9.44. The Morgan fingerprint density at radius 2 is 1.81 bits per heavy atom. The molecule has 1 aromatic heterocycles. The van der Waals surface area contributed by atoms with E-state index in [1.54, 1.807) is 24.3 Å². The summed E-state index contributed by atoms with van der Waals surface area (Å²) >= 11 is 0. The molecule has 21 heavy (non-hydrogen) atoms. The molecule has 0 aliphatic heterocycles. The smallest absolute Gasteiger partial charge is 0.187 e. The maximum Gasteiger partial charge on any atom is 0.187 e. The summed E-state index contributed by atoms with van der Waals surface area (Å²) < 4.78 is 1.81. The molecule has 1 atom stereocenters. The highest BCUT2D eigenvalue weighted by molar-refractivity contribution is 6.02. The Bertz CT molecular complexity index is 843. The van der Waals surface area contributed by atoms with Gasteiger partial charge in [0.15, 0.2) is 11.7 Å². The van der Waals surface area contributed by atoms with E-state index in [9.17, 15) is 10.1 Å². The summed E-state index contributed by atoms with van der Waals surface area (Å²) in [7, 11) is 1.83. The fourth-order valence-corrected chi connectivity index (χ4v) is 2.43. The number of para-hydroxylation sites is 2. The number of ketones is 1. The van der Waals surface area contributed by atoms with Gasteiger partial charge in [-0.25, -0.2) is 4.98 Å². The number of aryl methyl sites for hydroxylation is 1. The maximum absolute atomic E-state index is 12.5. The van der Waals surface area contributed by atoms with Crippen LogP contribution in [0.25, 0.3) is 11.0 Å². The van der Waals surface area contributed by atoms with Crippen LogP contribution in [-0.4, -0.2) is 15.3 Å². The van der Waals surface area contributed by atoms with Gasteiger partial charge >= 0.3 is 0 Å². The number of hydrogen-bond acceptors (Lipinski definition) is 3. The molecule has 0 aliphatic rings. The number of aromatic nitrogens is 2. The van der Waals surface area contributed by atoms with E-state index >= 15 is 0 Å². The van der Waals surface area contributed by atoms with Gasteiger partial charge in [0.05, 0.1) is 17.1 Å². The van der Waals surface area contributed by atoms with Gasteiger partial charge in [-0.3, -0.25) is 4.79 Å². The number of hydrogen-bond donors (Lipinski definition) is 0. The summed E-state index contributed by atoms with van der Waals surface area (Å²) in [4.78, 5) is 17.0. The second-order valence-electron chi connectivity index (χ2n) is 4.81. The number of fused-ring (bicyclic) bond motifs is 1. The average molecular weight is 275 g/mol. The van der Waals surface area contributed by atoms with Crippen LogP contribution < -0.4 is 0 Å². The van der Waals surface area contributed by atoms with Crippen molar-refractivity contribution in [3.05, 3.63) is 66.0 Å². The van der Waals surface area contributed by atoms with Gasteiger partial charge in [-0.2, -0.15) is 5.26 Å². The van der Waals surface area contributed by atoms with Crippen LogP contribution in [0.3, 0.4) is 0 Å². The monoisotopic (exact) mass is 275 g/mol. The lowest BCUT2D eigenvalue weighted by Crippen LogP contribution is -2.15. The Morgan fingerprint density at radius 3 is 2.48 bits per heavy atom. The summed E-state index contributed by atoms with van der Waals surface area (Å²) in [6, 6.07) is 18.5. The lowest BCUT2D eigenvalue weighted by molar-refractivity contribution is 0.0975. The number of imidazole rings is 1. The van der Waals surface area contributed by atoms with E-state index in [0.29, 0.717) is 11.4 Å². The first-order chi connectivity index (χ1) is 10.2. The second kappa shape index (κ2) is 5.22. The summed E-state index contributed by atoms with van der Waals surface area (Å²) in [5.74, 6) is -0.645. The van der Waals surface area contributed by atoms with Crippen molar-refractivity contribution in [3.8, 4) is 6.07 Å². The highest BCUT2D eigenvalue weighted by atomic mass is 16.1. The zero-order valence-corrected chi connectivity index (χ0v) is 11.5. The molecule has 0 radical (unpaired) electrons. The Balaban J connectivity index is 2.09. The first-order valence-electron chi connectivity index (χ1n) is 6.62. The van der Waals surface area contributed by atoms with Gasteiger partial charge in [0.2, 0.25) is 0 Å². The van der Waals surface area contributed by atoms with Crippen LogP contribution in [0.5, 0.6) is 0 Å². The van der Waals surface area contributed by atoms with Crippen molar-refractivity contribution in [2.24, 2.45) is 7.05 Å². The van der Waals surface area contributed by atoms with Crippen molar-refractivity contribution in [3.63, 3.8) is 0 Å². The zero-order valence-electron chi connectivity index (χ0n) is 11.5. The molecule has 0 saturated carbocycles. The Hall–Kier alpha value is -2.93. The van der Waals surface area contributed by atoms with Crippen LogP contribution in [0.1, 0.15) is 22.1 Å². The Kier molecular flexibility index (Phi) is 3.25. The molecule has 0 unspecified atom stereocenters. The normalized spacial score (nSPS) is 12.0. The molecule has 1 heterocycles.